The molecule has 2 unspecified atom stereocenters. The van der Waals surface area contributed by atoms with Crippen molar-refractivity contribution in [2.24, 2.45) is 5.92 Å². The van der Waals surface area contributed by atoms with Gasteiger partial charge in [0.05, 0.1) is 26.9 Å². The van der Waals surface area contributed by atoms with Gasteiger partial charge in [0.2, 0.25) is 0 Å². The zero-order valence-corrected chi connectivity index (χ0v) is 12.6. The molecule has 1 rings (SSSR count). The van der Waals surface area contributed by atoms with Crippen LogP contribution < -0.4 is 14.8 Å². The second-order valence-corrected chi connectivity index (χ2v) is 5.00. The van der Waals surface area contributed by atoms with Crippen LogP contribution in [0.3, 0.4) is 0 Å². The largest absolute Gasteiger partial charge is 0.497 e. The van der Waals surface area contributed by atoms with Crippen molar-refractivity contribution in [2.75, 3.05) is 27.4 Å². The average molecular weight is 283 g/mol. The molecule has 2 atom stereocenters. The third kappa shape index (κ3) is 4.10. The van der Waals surface area contributed by atoms with E-state index in [4.69, 9.17) is 14.6 Å². The van der Waals surface area contributed by atoms with Crippen LogP contribution in [-0.2, 0) is 0 Å². The minimum absolute atomic E-state index is 0.0374. The highest BCUT2D eigenvalue weighted by Crippen LogP contribution is 2.32. The van der Waals surface area contributed by atoms with Crippen LogP contribution in [0.15, 0.2) is 18.2 Å². The molecule has 20 heavy (non-hydrogen) atoms. The Morgan fingerprint density at radius 2 is 1.90 bits per heavy atom. The summed E-state index contributed by atoms with van der Waals surface area (Å²) in [6, 6.07) is 5.19. The van der Waals surface area contributed by atoms with E-state index in [1.54, 1.807) is 32.4 Å². The first kappa shape index (κ1) is 16.8. The van der Waals surface area contributed by atoms with E-state index in [0.29, 0.717) is 23.6 Å². The number of hydrogen-bond acceptors (Lipinski definition) is 5. The van der Waals surface area contributed by atoms with Gasteiger partial charge in [-0.2, -0.15) is 0 Å². The maximum Gasteiger partial charge on any atom is 0.128 e. The summed E-state index contributed by atoms with van der Waals surface area (Å²) < 4.78 is 10.5. The fourth-order valence-corrected chi connectivity index (χ4v) is 2.20. The van der Waals surface area contributed by atoms with Crippen molar-refractivity contribution in [1.29, 1.82) is 0 Å². The van der Waals surface area contributed by atoms with Crippen molar-refractivity contribution < 1.29 is 19.7 Å². The average Bonchev–Trinajstić information content (AvgIpc) is 2.46. The number of nitrogens with one attached hydrogen (secondary N) is 1. The molecule has 0 aromatic heterocycles. The summed E-state index contributed by atoms with van der Waals surface area (Å²) in [5.74, 6) is 1.49. The monoisotopic (exact) mass is 283 g/mol. The Kier molecular flexibility index (Phi) is 6.78. The number of hydrogen-bond donors (Lipinski definition) is 3. The highest BCUT2D eigenvalue weighted by Gasteiger charge is 2.26. The van der Waals surface area contributed by atoms with Gasteiger partial charge >= 0.3 is 0 Å². The number of aliphatic hydroxyl groups is 2. The van der Waals surface area contributed by atoms with Crippen LogP contribution in [0.25, 0.3) is 0 Å². The molecule has 1 aromatic carbocycles. The van der Waals surface area contributed by atoms with Crippen molar-refractivity contribution in [1.82, 2.24) is 5.32 Å². The van der Waals surface area contributed by atoms with E-state index < -0.39 is 6.10 Å². The topological polar surface area (TPSA) is 71.0 Å². The lowest BCUT2D eigenvalue weighted by molar-refractivity contribution is 0.0990. The molecular weight excluding hydrogens is 258 g/mol. The van der Waals surface area contributed by atoms with Gasteiger partial charge in [0.1, 0.15) is 11.5 Å². The van der Waals surface area contributed by atoms with Crippen LogP contribution in [0.2, 0.25) is 0 Å². The Morgan fingerprint density at radius 1 is 1.20 bits per heavy atom. The lowest BCUT2D eigenvalue weighted by atomic mass is 9.92. The van der Waals surface area contributed by atoms with Crippen LogP contribution in [0.1, 0.15) is 25.5 Å². The van der Waals surface area contributed by atoms with Gasteiger partial charge < -0.3 is 25.0 Å². The molecule has 0 heterocycles. The number of rotatable bonds is 8. The van der Waals surface area contributed by atoms with E-state index in [1.807, 2.05) is 13.8 Å². The van der Waals surface area contributed by atoms with Gasteiger partial charge in [-0.25, -0.2) is 0 Å². The molecule has 114 valence electrons. The molecule has 0 fully saturated rings. The number of benzene rings is 1. The molecule has 0 saturated carbocycles. The second-order valence-electron chi connectivity index (χ2n) is 5.00. The van der Waals surface area contributed by atoms with Crippen molar-refractivity contribution >= 4 is 0 Å². The summed E-state index contributed by atoms with van der Waals surface area (Å²) in [7, 11) is 3.15. The smallest absolute Gasteiger partial charge is 0.128 e. The van der Waals surface area contributed by atoms with Crippen molar-refractivity contribution in [3.63, 3.8) is 0 Å². The first-order valence-corrected chi connectivity index (χ1v) is 6.79. The van der Waals surface area contributed by atoms with E-state index in [9.17, 15) is 5.11 Å². The minimum atomic E-state index is -0.720. The molecule has 5 nitrogen and oxygen atoms in total. The predicted octanol–water partition coefficient (Wildman–Crippen LogP) is 1.34. The Hall–Kier alpha value is -1.30. The van der Waals surface area contributed by atoms with E-state index >= 15 is 0 Å². The lowest BCUT2D eigenvalue weighted by Crippen LogP contribution is -2.40. The van der Waals surface area contributed by atoms with Gasteiger partial charge in [-0.3, -0.25) is 0 Å². The molecule has 3 N–H and O–H groups in total. The van der Waals surface area contributed by atoms with Gasteiger partial charge in [-0.15, -0.1) is 0 Å². The van der Waals surface area contributed by atoms with Gasteiger partial charge in [-0.05, 0) is 18.1 Å². The highest BCUT2D eigenvalue weighted by atomic mass is 16.5. The summed E-state index contributed by atoms with van der Waals surface area (Å²) in [5.41, 5.74) is 0.706. The molecule has 1 aromatic rings. The highest BCUT2D eigenvalue weighted by molar-refractivity contribution is 5.42. The zero-order valence-electron chi connectivity index (χ0n) is 12.6. The van der Waals surface area contributed by atoms with Gasteiger partial charge in [0.15, 0.2) is 0 Å². The second kappa shape index (κ2) is 8.09. The molecule has 0 aliphatic carbocycles. The maximum atomic E-state index is 10.6. The Bertz CT molecular complexity index is 409. The normalized spacial score (nSPS) is 14.2. The number of methoxy groups -OCH3 is 2. The van der Waals surface area contributed by atoms with Crippen molar-refractivity contribution in [3.8, 4) is 11.5 Å². The molecule has 0 amide bonds. The molecule has 0 aliphatic rings. The van der Waals surface area contributed by atoms with E-state index in [-0.39, 0.29) is 18.6 Å². The van der Waals surface area contributed by atoms with Crippen molar-refractivity contribution in [3.05, 3.63) is 23.8 Å². The summed E-state index contributed by atoms with van der Waals surface area (Å²) in [4.78, 5) is 0. The fourth-order valence-electron chi connectivity index (χ4n) is 2.20. The minimum Gasteiger partial charge on any atom is -0.497 e. The van der Waals surface area contributed by atoms with Crippen LogP contribution in [0, 0.1) is 5.92 Å². The quantitative estimate of drug-likeness (QED) is 0.671. The van der Waals surface area contributed by atoms with E-state index in [1.165, 1.54) is 0 Å². The summed E-state index contributed by atoms with van der Waals surface area (Å²) >= 11 is 0. The SMILES string of the molecule is COc1ccc(C(O)C(NCCO)C(C)C)c(OC)c1. The first-order valence-electron chi connectivity index (χ1n) is 6.79. The van der Waals surface area contributed by atoms with E-state index in [2.05, 4.69) is 5.32 Å². The number of ether oxygens (including phenoxy) is 2. The van der Waals surface area contributed by atoms with Gasteiger partial charge in [-0.1, -0.05) is 13.8 Å². The Morgan fingerprint density at radius 3 is 2.40 bits per heavy atom. The summed E-state index contributed by atoms with van der Waals surface area (Å²) in [6.07, 6.45) is -0.720. The molecule has 0 saturated heterocycles. The zero-order chi connectivity index (χ0) is 15.1. The predicted molar refractivity (Wildman–Crippen MR) is 78.2 cm³/mol. The molecule has 5 heteroatoms. The molecule has 0 aliphatic heterocycles. The van der Waals surface area contributed by atoms with Crippen LogP contribution >= 0.6 is 0 Å². The number of aliphatic hydroxyl groups excluding tert-OH is 2. The van der Waals surface area contributed by atoms with Crippen LogP contribution in [-0.4, -0.2) is 43.6 Å². The third-order valence-electron chi connectivity index (χ3n) is 3.31. The Labute approximate surface area is 120 Å². The van der Waals surface area contributed by atoms with Crippen LogP contribution in [0.5, 0.6) is 11.5 Å². The summed E-state index contributed by atoms with van der Waals surface area (Å²) in [5, 5.41) is 22.7. The van der Waals surface area contributed by atoms with Crippen LogP contribution in [0.4, 0.5) is 0 Å². The van der Waals surface area contributed by atoms with Crippen molar-refractivity contribution in [2.45, 2.75) is 26.0 Å². The molecular formula is C15H25NO4. The van der Waals surface area contributed by atoms with E-state index in [0.717, 1.165) is 0 Å². The van der Waals surface area contributed by atoms with Gasteiger partial charge in [0.25, 0.3) is 0 Å². The fraction of sp³-hybridized carbons (Fsp3) is 0.600. The standard InChI is InChI=1S/C15H25NO4/c1-10(2)14(16-7-8-17)15(18)12-6-5-11(19-3)9-13(12)20-4/h5-6,9-10,14-18H,7-8H2,1-4H3. The molecule has 0 radical (unpaired) electrons. The first-order chi connectivity index (χ1) is 9.54. The summed E-state index contributed by atoms with van der Waals surface area (Å²) in [6.45, 7) is 4.52. The molecule has 0 spiro atoms. The maximum absolute atomic E-state index is 10.6. The third-order valence-corrected chi connectivity index (χ3v) is 3.31. The lowest BCUT2D eigenvalue weighted by Gasteiger charge is -2.28. The van der Waals surface area contributed by atoms with Gasteiger partial charge in [0, 0.05) is 24.2 Å². The molecule has 0 bridgehead atoms. The Balaban J connectivity index is 3.01.